The third kappa shape index (κ3) is 2.66. The predicted octanol–water partition coefficient (Wildman–Crippen LogP) is 2.04. The smallest absolute Gasteiger partial charge is 0.245 e. The summed E-state index contributed by atoms with van der Waals surface area (Å²) in [6.45, 7) is 1.80. The second-order valence-corrected chi connectivity index (χ2v) is 2.42. The molecule has 1 aromatic carbocycles. The summed E-state index contributed by atoms with van der Waals surface area (Å²) in [4.78, 5) is 14.5. The van der Waals surface area contributed by atoms with Gasteiger partial charge in [0.05, 0.1) is 0 Å². The van der Waals surface area contributed by atoms with Crippen molar-refractivity contribution >= 4 is 12.1 Å². The molecule has 0 saturated carbocycles. The Kier molecular flexibility index (Phi) is 3.20. The van der Waals surface area contributed by atoms with E-state index in [1.165, 1.54) is 0 Å². The van der Waals surface area contributed by atoms with Crippen LogP contribution in [0.4, 0.5) is 0 Å². The highest BCUT2D eigenvalue weighted by Crippen LogP contribution is 1.94. The first-order valence-corrected chi connectivity index (χ1v) is 3.95. The average Bonchev–Trinajstić information content (AvgIpc) is 2.16. The lowest BCUT2D eigenvalue weighted by atomic mass is 10.2. The fraction of sp³-hybridized carbons (Fsp3) is 0.200. The average molecular weight is 161 g/mol. The molecule has 0 aliphatic rings. The summed E-state index contributed by atoms with van der Waals surface area (Å²) >= 11 is 0. The molecule has 0 aliphatic carbocycles. The lowest BCUT2D eigenvalue weighted by Gasteiger charge is -1.89. The summed E-state index contributed by atoms with van der Waals surface area (Å²) in [5, 5.41) is 0. The van der Waals surface area contributed by atoms with Crippen LogP contribution in [0.15, 0.2) is 35.3 Å². The van der Waals surface area contributed by atoms with E-state index in [2.05, 4.69) is 4.99 Å². The second-order valence-electron chi connectivity index (χ2n) is 2.42. The summed E-state index contributed by atoms with van der Waals surface area (Å²) in [5.74, 6) is -0.0844. The number of amides is 1. The summed E-state index contributed by atoms with van der Waals surface area (Å²) in [6, 6.07) is 9.58. The summed E-state index contributed by atoms with van der Waals surface area (Å²) in [7, 11) is 0. The van der Waals surface area contributed by atoms with E-state index in [4.69, 9.17) is 0 Å². The van der Waals surface area contributed by atoms with E-state index in [1.54, 1.807) is 13.1 Å². The van der Waals surface area contributed by atoms with E-state index >= 15 is 0 Å². The molecule has 0 aliphatic heterocycles. The Morgan fingerprint density at radius 1 is 1.42 bits per heavy atom. The number of benzene rings is 1. The topological polar surface area (TPSA) is 29.4 Å². The maximum absolute atomic E-state index is 10.8. The first kappa shape index (κ1) is 8.65. The van der Waals surface area contributed by atoms with E-state index in [-0.39, 0.29) is 5.91 Å². The van der Waals surface area contributed by atoms with Gasteiger partial charge in [0.15, 0.2) is 0 Å². The molecule has 0 saturated heterocycles. The zero-order valence-electron chi connectivity index (χ0n) is 7.03. The van der Waals surface area contributed by atoms with Gasteiger partial charge in [-0.2, -0.15) is 0 Å². The van der Waals surface area contributed by atoms with Crippen molar-refractivity contribution in [1.29, 1.82) is 0 Å². The van der Waals surface area contributed by atoms with Gasteiger partial charge in [0.2, 0.25) is 5.91 Å². The van der Waals surface area contributed by atoms with Gasteiger partial charge in [-0.25, -0.2) is 4.99 Å². The predicted molar refractivity (Wildman–Crippen MR) is 49.3 cm³/mol. The third-order valence-electron chi connectivity index (χ3n) is 1.46. The molecule has 62 valence electrons. The van der Waals surface area contributed by atoms with Crippen molar-refractivity contribution in [2.45, 2.75) is 13.3 Å². The van der Waals surface area contributed by atoms with E-state index in [0.29, 0.717) is 6.42 Å². The van der Waals surface area contributed by atoms with Crippen molar-refractivity contribution in [3.63, 3.8) is 0 Å². The van der Waals surface area contributed by atoms with Crippen molar-refractivity contribution in [3.8, 4) is 0 Å². The number of carbonyl (C=O) groups is 1. The minimum atomic E-state index is -0.0844. The maximum atomic E-state index is 10.8. The van der Waals surface area contributed by atoms with Gasteiger partial charge >= 0.3 is 0 Å². The maximum Gasteiger partial charge on any atom is 0.245 e. The number of hydrogen-bond acceptors (Lipinski definition) is 1. The standard InChI is InChI=1S/C10H11NO/c1-2-10(12)11-8-9-6-4-3-5-7-9/h3-8H,2H2,1H3. The van der Waals surface area contributed by atoms with Gasteiger partial charge in [-0.3, -0.25) is 4.79 Å². The molecular formula is C10H11NO. The zero-order chi connectivity index (χ0) is 8.81. The Balaban J connectivity index is 2.64. The first-order chi connectivity index (χ1) is 5.83. The van der Waals surface area contributed by atoms with E-state index < -0.39 is 0 Å². The molecule has 0 radical (unpaired) electrons. The van der Waals surface area contributed by atoms with Gasteiger partial charge in [-0.05, 0) is 5.56 Å². The Morgan fingerprint density at radius 2 is 2.08 bits per heavy atom. The van der Waals surface area contributed by atoms with Crippen LogP contribution >= 0.6 is 0 Å². The van der Waals surface area contributed by atoms with Crippen molar-refractivity contribution in [2.24, 2.45) is 4.99 Å². The number of aliphatic imine (C=N–C) groups is 1. The molecule has 1 amide bonds. The van der Waals surface area contributed by atoms with E-state index in [1.807, 2.05) is 30.3 Å². The van der Waals surface area contributed by atoms with Crippen LogP contribution in [0.1, 0.15) is 18.9 Å². The van der Waals surface area contributed by atoms with Crippen LogP contribution in [0.5, 0.6) is 0 Å². The van der Waals surface area contributed by atoms with Crippen LogP contribution in [0, 0.1) is 0 Å². The Morgan fingerprint density at radius 3 is 2.67 bits per heavy atom. The fourth-order valence-electron chi connectivity index (χ4n) is 0.777. The molecule has 1 rings (SSSR count). The van der Waals surface area contributed by atoms with Crippen LogP contribution in [-0.4, -0.2) is 12.1 Å². The van der Waals surface area contributed by atoms with Crippen LogP contribution in [0.3, 0.4) is 0 Å². The molecule has 12 heavy (non-hydrogen) atoms. The number of carbonyl (C=O) groups excluding carboxylic acids is 1. The molecule has 1 aromatic rings. The molecule has 0 aromatic heterocycles. The Hall–Kier alpha value is -1.44. The van der Waals surface area contributed by atoms with Crippen LogP contribution in [0.25, 0.3) is 0 Å². The van der Waals surface area contributed by atoms with Gasteiger partial charge in [-0.1, -0.05) is 37.3 Å². The van der Waals surface area contributed by atoms with Gasteiger partial charge in [0, 0.05) is 12.6 Å². The summed E-state index contributed by atoms with van der Waals surface area (Å²) in [5.41, 5.74) is 0.958. The third-order valence-corrected chi connectivity index (χ3v) is 1.46. The largest absolute Gasteiger partial charge is 0.273 e. The molecule has 0 fully saturated rings. The van der Waals surface area contributed by atoms with Crippen molar-refractivity contribution in [1.82, 2.24) is 0 Å². The lowest BCUT2D eigenvalue weighted by Crippen LogP contribution is -1.90. The van der Waals surface area contributed by atoms with Crippen molar-refractivity contribution < 1.29 is 4.79 Å². The molecular weight excluding hydrogens is 150 g/mol. The highest BCUT2D eigenvalue weighted by Gasteiger charge is 1.90. The highest BCUT2D eigenvalue weighted by atomic mass is 16.1. The number of hydrogen-bond donors (Lipinski definition) is 0. The first-order valence-electron chi connectivity index (χ1n) is 3.95. The molecule has 0 bridgehead atoms. The molecule has 0 spiro atoms. The minimum Gasteiger partial charge on any atom is -0.273 e. The second kappa shape index (κ2) is 4.44. The fourth-order valence-corrected chi connectivity index (χ4v) is 0.777. The number of nitrogens with zero attached hydrogens (tertiary/aromatic N) is 1. The molecule has 0 heterocycles. The Labute approximate surface area is 71.9 Å². The molecule has 0 N–H and O–H groups in total. The monoisotopic (exact) mass is 161 g/mol. The quantitative estimate of drug-likeness (QED) is 0.610. The van der Waals surface area contributed by atoms with Gasteiger partial charge in [0.25, 0.3) is 0 Å². The van der Waals surface area contributed by atoms with Crippen LogP contribution in [-0.2, 0) is 4.79 Å². The number of rotatable bonds is 2. The molecule has 2 heteroatoms. The highest BCUT2D eigenvalue weighted by molar-refractivity contribution is 5.91. The van der Waals surface area contributed by atoms with Gasteiger partial charge < -0.3 is 0 Å². The summed E-state index contributed by atoms with van der Waals surface area (Å²) < 4.78 is 0. The van der Waals surface area contributed by atoms with Crippen LogP contribution < -0.4 is 0 Å². The summed E-state index contributed by atoms with van der Waals surface area (Å²) in [6.07, 6.45) is 2.05. The molecule has 0 atom stereocenters. The Bertz CT molecular complexity index is 277. The SMILES string of the molecule is CCC(=O)N=Cc1ccccc1. The molecule has 0 unspecified atom stereocenters. The minimum absolute atomic E-state index is 0.0844. The zero-order valence-corrected chi connectivity index (χ0v) is 7.03. The normalized spacial score (nSPS) is 10.4. The van der Waals surface area contributed by atoms with E-state index in [0.717, 1.165) is 5.56 Å². The van der Waals surface area contributed by atoms with E-state index in [9.17, 15) is 4.79 Å². The lowest BCUT2D eigenvalue weighted by molar-refractivity contribution is -0.117. The van der Waals surface area contributed by atoms with Crippen molar-refractivity contribution in [2.75, 3.05) is 0 Å². The van der Waals surface area contributed by atoms with Crippen molar-refractivity contribution in [3.05, 3.63) is 35.9 Å². The van der Waals surface area contributed by atoms with Crippen LogP contribution in [0.2, 0.25) is 0 Å². The molecule has 2 nitrogen and oxygen atoms in total. The van der Waals surface area contributed by atoms with Gasteiger partial charge in [-0.15, -0.1) is 0 Å². The van der Waals surface area contributed by atoms with Gasteiger partial charge in [0.1, 0.15) is 0 Å².